The fraction of sp³-hybridized carbons (Fsp3) is 0.348. The summed E-state index contributed by atoms with van der Waals surface area (Å²) in [7, 11) is 1.33. The number of rotatable bonds is 3. The number of benzene rings is 2. The van der Waals surface area contributed by atoms with Gasteiger partial charge in [0, 0.05) is 23.4 Å². The van der Waals surface area contributed by atoms with E-state index in [1.165, 1.54) is 25.3 Å². The molecular formula is C23H20N4O6. The van der Waals surface area contributed by atoms with Crippen molar-refractivity contribution >= 4 is 34.8 Å². The van der Waals surface area contributed by atoms with E-state index in [1.54, 1.807) is 6.07 Å². The number of carbonyl (C=O) groups excluding carboxylic acids is 3. The van der Waals surface area contributed by atoms with E-state index in [4.69, 9.17) is 4.74 Å². The molecule has 4 heterocycles. The lowest BCUT2D eigenvalue weighted by Crippen LogP contribution is -2.54. The van der Waals surface area contributed by atoms with Crippen LogP contribution >= 0.6 is 0 Å². The summed E-state index contributed by atoms with van der Waals surface area (Å²) in [5, 5.41) is 14.1. The first-order valence-electron chi connectivity index (χ1n) is 10.8. The first kappa shape index (κ1) is 19.9. The number of carbonyl (C=O) groups is 3. The van der Waals surface area contributed by atoms with Gasteiger partial charge in [-0.2, -0.15) is 0 Å². The summed E-state index contributed by atoms with van der Waals surface area (Å²) in [4.78, 5) is 55.0. The summed E-state index contributed by atoms with van der Waals surface area (Å²) < 4.78 is 5.31. The van der Waals surface area contributed by atoms with Crippen molar-refractivity contribution in [3.05, 3.63) is 58.1 Å². The number of nitro benzene ring substituents is 1. The van der Waals surface area contributed by atoms with Crippen LogP contribution < -0.4 is 15.0 Å². The van der Waals surface area contributed by atoms with Crippen LogP contribution in [0.4, 0.5) is 17.1 Å². The van der Waals surface area contributed by atoms with Crippen molar-refractivity contribution in [3.8, 4) is 5.75 Å². The number of hydrogen-bond donors (Lipinski definition) is 1. The summed E-state index contributed by atoms with van der Waals surface area (Å²) >= 11 is 0. The maximum absolute atomic E-state index is 13.9. The van der Waals surface area contributed by atoms with Crippen molar-refractivity contribution < 1.29 is 24.0 Å². The Morgan fingerprint density at radius 3 is 2.70 bits per heavy atom. The highest BCUT2D eigenvalue weighted by Crippen LogP contribution is 2.61. The number of anilines is 2. The Labute approximate surface area is 188 Å². The molecule has 3 saturated heterocycles. The predicted octanol–water partition coefficient (Wildman–Crippen LogP) is 2.03. The van der Waals surface area contributed by atoms with E-state index in [0.717, 1.165) is 11.3 Å². The number of nitrogens with zero attached hydrogens (tertiary/aromatic N) is 3. The lowest BCUT2D eigenvalue weighted by atomic mass is 9.75. The van der Waals surface area contributed by atoms with Crippen LogP contribution in [0.3, 0.4) is 0 Å². The highest BCUT2D eigenvalue weighted by atomic mass is 16.6. The number of hydrogen-bond acceptors (Lipinski definition) is 7. The van der Waals surface area contributed by atoms with E-state index in [1.807, 2.05) is 23.1 Å². The number of methoxy groups -OCH3 is 1. The van der Waals surface area contributed by atoms with Gasteiger partial charge in [-0.05, 0) is 31.5 Å². The third-order valence-corrected chi connectivity index (χ3v) is 7.52. The monoisotopic (exact) mass is 448 g/mol. The normalized spacial score (nSPS) is 29.9. The number of ether oxygens (including phenoxy) is 1. The Balaban J connectivity index is 1.53. The average Bonchev–Trinajstić information content (AvgIpc) is 3.51. The van der Waals surface area contributed by atoms with Crippen LogP contribution in [0.2, 0.25) is 0 Å². The molecule has 4 aliphatic rings. The Bertz CT molecular complexity index is 1260. The summed E-state index contributed by atoms with van der Waals surface area (Å²) in [5.41, 5.74) is 0.0579. The third kappa shape index (κ3) is 2.28. The molecule has 33 heavy (non-hydrogen) atoms. The molecule has 4 atom stereocenters. The largest absolute Gasteiger partial charge is 0.494 e. The minimum atomic E-state index is -1.25. The standard InChI is InChI=1S/C23H20N4O6/c1-33-17-11-12(27(31)32)8-9-15(17)26-20(28)18-16-7-4-10-25(16)23(19(18)21(26)29)13-5-2-3-6-14(13)24-22(23)30/h2-3,5-6,8-9,11,16,18-19H,4,7,10H2,1H3,(H,24,30)/t16-,18+,19+,23-/m1/s1. The molecular weight excluding hydrogens is 428 g/mol. The van der Waals surface area contributed by atoms with E-state index in [0.29, 0.717) is 24.2 Å². The Morgan fingerprint density at radius 1 is 1.15 bits per heavy atom. The fourth-order valence-electron chi connectivity index (χ4n) is 6.36. The molecule has 2 aromatic rings. The topological polar surface area (TPSA) is 122 Å². The maximum atomic E-state index is 13.9. The number of nitro groups is 1. The lowest BCUT2D eigenvalue weighted by Gasteiger charge is -2.36. The molecule has 1 N–H and O–H groups in total. The molecule has 10 nitrogen and oxygen atoms in total. The van der Waals surface area contributed by atoms with E-state index < -0.39 is 34.1 Å². The second-order valence-corrected chi connectivity index (χ2v) is 8.80. The van der Waals surface area contributed by atoms with E-state index in [2.05, 4.69) is 5.32 Å². The van der Waals surface area contributed by atoms with Gasteiger partial charge in [0.2, 0.25) is 17.7 Å². The molecule has 168 valence electrons. The number of nitrogens with one attached hydrogen (secondary N) is 1. The van der Waals surface area contributed by atoms with Crippen molar-refractivity contribution in [2.24, 2.45) is 11.8 Å². The van der Waals surface area contributed by atoms with Gasteiger partial charge in [-0.15, -0.1) is 0 Å². The lowest BCUT2D eigenvalue weighted by molar-refractivity contribution is -0.384. The van der Waals surface area contributed by atoms with Gasteiger partial charge >= 0.3 is 0 Å². The first-order chi connectivity index (χ1) is 15.9. The molecule has 0 bridgehead atoms. The van der Waals surface area contributed by atoms with Gasteiger partial charge in [0.1, 0.15) is 11.3 Å². The van der Waals surface area contributed by atoms with E-state index in [9.17, 15) is 24.5 Å². The van der Waals surface area contributed by atoms with Crippen molar-refractivity contribution in [2.45, 2.75) is 24.4 Å². The molecule has 3 amide bonds. The zero-order chi connectivity index (χ0) is 23.1. The van der Waals surface area contributed by atoms with Crippen molar-refractivity contribution in [1.29, 1.82) is 0 Å². The van der Waals surface area contributed by atoms with Crippen LogP contribution in [0.15, 0.2) is 42.5 Å². The molecule has 0 radical (unpaired) electrons. The van der Waals surface area contributed by atoms with Crippen molar-refractivity contribution in [3.63, 3.8) is 0 Å². The Hall–Kier alpha value is -3.79. The molecule has 3 fully saturated rings. The minimum absolute atomic E-state index is 0.0551. The van der Waals surface area contributed by atoms with Gasteiger partial charge in [0.15, 0.2) is 0 Å². The highest BCUT2D eigenvalue weighted by Gasteiger charge is 2.74. The van der Waals surface area contributed by atoms with Crippen LogP contribution in [0, 0.1) is 22.0 Å². The summed E-state index contributed by atoms with van der Waals surface area (Å²) in [6.45, 7) is 0.626. The highest BCUT2D eigenvalue weighted by molar-refractivity contribution is 6.26. The molecule has 6 rings (SSSR count). The van der Waals surface area contributed by atoms with Crippen LogP contribution in [-0.4, -0.2) is 47.2 Å². The second-order valence-electron chi connectivity index (χ2n) is 8.80. The predicted molar refractivity (Wildman–Crippen MR) is 116 cm³/mol. The Morgan fingerprint density at radius 2 is 1.94 bits per heavy atom. The average molecular weight is 448 g/mol. The summed E-state index contributed by atoms with van der Waals surface area (Å²) in [6.07, 6.45) is 1.54. The van der Waals surface area contributed by atoms with Gasteiger partial charge in [0.05, 0.1) is 35.6 Å². The molecule has 10 heteroatoms. The second kappa shape index (κ2) is 6.61. The van der Waals surface area contributed by atoms with Crippen LogP contribution in [0.1, 0.15) is 18.4 Å². The van der Waals surface area contributed by atoms with Gasteiger partial charge in [-0.25, -0.2) is 4.90 Å². The molecule has 4 aliphatic heterocycles. The molecule has 1 spiro atoms. The Kier molecular flexibility index (Phi) is 3.98. The van der Waals surface area contributed by atoms with Crippen LogP contribution in [0.5, 0.6) is 5.75 Å². The van der Waals surface area contributed by atoms with Crippen LogP contribution in [0.25, 0.3) is 0 Å². The smallest absolute Gasteiger partial charge is 0.273 e. The molecule has 0 saturated carbocycles. The van der Waals surface area contributed by atoms with Crippen molar-refractivity contribution in [1.82, 2.24) is 4.90 Å². The third-order valence-electron chi connectivity index (χ3n) is 7.52. The number of para-hydroxylation sites is 1. The van der Waals surface area contributed by atoms with E-state index >= 15 is 0 Å². The minimum Gasteiger partial charge on any atom is -0.494 e. The number of fused-ring (bicyclic) bond motifs is 7. The van der Waals surface area contributed by atoms with Gasteiger partial charge in [-0.3, -0.25) is 29.4 Å². The number of amides is 3. The van der Waals surface area contributed by atoms with Gasteiger partial charge < -0.3 is 10.1 Å². The summed E-state index contributed by atoms with van der Waals surface area (Å²) in [5.74, 6) is -2.70. The quantitative estimate of drug-likeness (QED) is 0.433. The molecule has 0 aromatic heterocycles. The van der Waals surface area contributed by atoms with Gasteiger partial charge in [-0.1, -0.05) is 18.2 Å². The fourth-order valence-corrected chi connectivity index (χ4v) is 6.36. The SMILES string of the molecule is COc1cc([N+](=O)[O-])ccc1N1C(=O)[C@H]2[C@H]3CCCN3[C@@]3(C(=O)Nc4ccccc43)[C@@H]2C1=O. The molecule has 0 unspecified atom stereocenters. The van der Waals surface area contributed by atoms with E-state index in [-0.39, 0.29) is 29.1 Å². The van der Waals surface area contributed by atoms with Gasteiger partial charge in [0.25, 0.3) is 5.69 Å². The first-order valence-corrected chi connectivity index (χ1v) is 10.8. The zero-order valence-electron chi connectivity index (χ0n) is 17.7. The summed E-state index contributed by atoms with van der Waals surface area (Å²) in [6, 6.07) is 10.9. The molecule has 2 aromatic carbocycles. The zero-order valence-corrected chi connectivity index (χ0v) is 17.7. The molecule has 0 aliphatic carbocycles. The van der Waals surface area contributed by atoms with Crippen LogP contribution in [-0.2, 0) is 19.9 Å². The number of non-ortho nitro benzene ring substituents is 1. The maximum Gasteiger partial charge on any atom is 0.273 e. The number of imide groups is 1. The van der Waals surface area contributed by atoms with Crippen molar-refractivity contribution in [2.75, 3.05) is 23.9 Å².